The number of rotatable bonds is 2. The van der Waals surface area contributed by atoms with Gasteiger partial charge in [-0.05, 0) is 30.3 Å². The van der Waals surface area contributed by atoms with Crippen molar-refractivity contribution in [2.45, 2.75) is 0 Å². The van der Waals surface area contributed by atoms with Crippen LogP contribution in [-0.4, -0.2) is 15.5 Å². The second-order valence-electron chi connectivity index (χ2n) is 4.34. The van der Waals surface area contributed by atoms with Crippen molar-refractivity contribution < 1.29 is 4.79 Å². The minimum absolute atomic E-state index is 0.296. The average molecular weight is 341 g/mol. The minimum Gasteiger partial charge on any atom is -0.321 e. The van der Waals surface area contributed by atoms with Crippen molar-refractivity contribution in [2.24, 2.45) is 0 Å². The Bertz CT molecular complexity index is 879. The van der Waals surface area contributed by atoms with E-state index >= 15 is 0 Å². The largest absolute Gasteiger partial charge is 0.321 e. The van der Waals surface area contributed by atoms with Gasteiger partial charge in [-0.25, -0.2) is 4.52 Å². The van der Waals surface area contributed by atoms with Gasteiger partial charge in [0.25, 0.3) is 5.91 Å². The molecule has 0 aliphatic rings. The number of fused-ring (bicyclic) bond motifs is 1. The van der Waals surface area contributed by atoms with E-state index in [0.717, 1.165) is 4.47 Å². The zero-order chi connectivity index (χ0) is 14.8. The number of anilines is 1. The molecule has 2 heterocycles. The Kier molecular flexibility index (Phi) is 3.42. The van der Waals surface area contributed by atoms with Gasteiger partial charge < -0.3 is 5.32 Å². The van der Waals surface area contributed by atoms with Gasteiger partial charge in [0, 0.05) is 10.7 Å². The van der Waals surface area contributed by atoms with Crippen molar-refractivity contribution in [3.63, 3.8) is 0 Å². The van der Waals surface area contributed by atoms with E-state index in [1.54, 1.807) is 28.9 Å². The molecule has 0 aliphatic carbocycles. The summed E-state index contributed by atoms with van der Waals surface area (Å²) < 4.78 is 2.41. The van der Waals surface area contributed by atoms with E-state index in [2.05, 4.69) is 32.4 Å². The van der Waals surface area contributed by atoms with Crippen molar-refractivity contribution in [2.75, 3.05) is 5.32 Å². The Balaban J connectivity index is 1.96. The zero-order valence-corrected chi connectivity index (χ0v) is 12.3. The number of hydrogen-bond donors (Lipinski definition) is 1. The molecule has 0 aliphatic heterocycles. The molecule has 0 radical (unpaired) electrons. The molecule has 0 saturated heterocycles. The molecule has 1 amide bonds. The lowest BCUT2D eigenvalue weighted by Crippen LogP contribution is -2.12. The minimum atomic E-state index is -0.296. The Morgan fingerprint density at radius 2 is 2.19 bits per heavy atom. The van der Waals surface area contributed by atoms with Crippen molar-refractivity contribution in [1.29, 1.82) is 5.26 Å². The van der Waals surface area contributed by atoms with Crippen molar-refractivity contribution in [1.82, 2.24) is 9.61 Å². The van der Waals surface area contributed by atoms with Crippen LogP contribution in [0.5, 0.6) is 0 Å². The van der Waals surface area contributed by atoms with Crippen LogP contribution < -0.4 is 5.32 Å². The maximum Gasteiger partial charge on any atom is 0.259 e. The number of hydrogen-bond acceptors (Lipinski definition) is 3. The third-order valence-electron chi connectivity index (χ3n) is 3.02. The number of aromatic nitrogens is 2. The summed E-state index contributed by atoms with van der Waals surface area (Å²) in [7, 11) is 0. The predicted molar refractivity (Wildman–Crippen MR) is 82.0 cm³/mol. The fourth-order valence-electron chi connectivity index (χ4n) is 2.02. The summed E-state index contributed by atoms with van der Waals surface area (Å²) >= 11 is 3.30. The van der Waals surface area contributed by atoms with E-state index in [-0.39, 0.29) is 5.91 Å². The van der Waals surface area contributed by atoms with Gasteiger partial charge in [0.2, 0.25) is 0 Å². The standard InChI is InChI=1S/C15H9BrN4O/c16-11-4-5-13(10(7-11)8-17)19-15(21)12-9-18-20-6-2-1-3-14(12)20/h1-7,9H,(H,19,21). The highest BCUT2D eigenvalue weighted by Gasteiger charge is 2.14. The molecule has 3 aromatic rings. The van der Waals surface area contributed by atoms with Gasteiger partial charge in [-0.15, -0.1) is 0 Å². The van der Waals surface area contributed by atoms with Gasteiger partial charge in [-0.3, -0.25) is 4.79 Å². The molecule has 21 heavy (non-hydrogen) atoms. The monoisotopic (exact) mass is 340 g/mol. The quantitative estimate of drug-likeness (QED) is 0.778. The van der Waals surface area contributed by atoms with Crippen molar-refractivity contribution >= 4 is 33.0 Å². The van der Waals surface area contributed by atoms with Gasteiger partial charge in [0.15, 0.2) is 0 Å². The summed E-state index contributed by atoms with van der Waals surface area (Å²) in [4.78, 5) is 12.4. The molecule has 0 bridgehead atoms. The maximum absolute atomic E-state index is 12.4. The second-order valence-corrected chi connectivity index (χ2v) is 5.26. The Hall–Kier alpha value is -2.65. The SMILES string of the molecule is N#Cc1cc(Br)ccc1NC(=O)c1cnn2ccccc12. The molecular weight excluding hydrogens is 332 g/mol. The summed E-state index contributed by atoms with van der Waals surface area (Å²) in [6.45, 7) is 0. The lowest BCUT2D eigenvalue weighted by atomic mass is 10.2. The van der Waals surface area contributed by atoms with Crippen molar-refractivity contribution in [3.8, 4) is 6.07 Å². The summed E-state index contributed by atoms with van der Waals surface area (Å²) in [5.41, 5.74) is 2.04. The van der Waals surface area contributed by atoms with Crippen LogP contribution in [0.25, 0.3) is 5.52 Å². The fraction of sp³-hybridized carbons (Fsp3) is 0. The van der Waals surface area contributed by atoms with Crippen LogP contribution in [0.1, 0.15) is 15.9 Å². The molecular formula is C15H9BrN4O. The Labute approximate surface area is 128 Å². The first kappa shape index (κ1) is 13.3. The van der Waals surface area contributed by atoms with E-state index < -0.39 is 0 Å². The molecule has 102 valence electrons. The van der Waals surface area contributed by atoms with Crippen LogP contribution in [0.2, 0.25) is 0 Å². The predicted octanol–water partition coefficient (Wildman–Crippen LogP) is 3.22. The number of carbonyl (C=O) groups is 1. The highest BCUT2D eigenvalue weighted by atomic mass is 79.9. The fourth-order valence-corrected chi connectivity index (χ4v) is 2.38. The number of nitrogens with zero attached hydrogens (tertiary/aromatic N) is 3. The molecule has 0 atom stereocenters. The van der Waals surface area contributed by atoms with E-state index in [0.29, 0.717) is 22.3 Å². The summed E-state index contributed by atoms with van der Waals surface area (Å²) in [5.74, 6) is -0.296. The van der Waals surface area contributed by atoms with Crippen LogP contribution in [0, 0.1) is 11.3 Å². The summed E-state index contributed by atoms with van der Waals surface area (Å²) in [6.07, 6.45) is 3.28. The summed E-state index contributed by atoms with van der Waals surface area (Å²) in [6, 6.07) is 12.7. The first-order chi connectivity index (χ1) is 10.2. The number of carbonyl (C=O) groups excluding carboxylic acids is 1. The smallest absolute Gasteiger partial charge is 0.259 e. The van der Waals surface area contributed by atoms with Crippen LogP contribution in [0.3, 0.4) is 0 Å². The molecule has 6 heteroatoms. The van der Waals surface area contributed by atoms with Crippen LogP contribution >= 0.6 is 15.9 Å². The molecule has 5 nitrogen and oxygen atoms in total. The molecule has 0 saturated carbocycles. The molecule has 3 rings (SSSR count). The maximum atomic E-state index is 12.4. The van der Waals surface area contributed by atoms with E-state index in [1.165, 1.54) is 6.20 Å². The average Bonchev–Trinajstić information content (AvgIpc) is 2.93. The number of amides is 1. The molecule has 1 N–H and O–H groups in total. The third kappa shape index (κ3) is 2.51. The number of nitriles is 1. The second kappa shape index (κ2) is 5.38. The number of benzene rings is 1. The molecule has 2 aromatic heterocycles. The lowest BCUT2D eigenvalue weighted by molar-refractivity contribution is 0.102. The van der Waals surface area contributed by atoms with Gasteiger partial charge in [0.05, 0.1) is 28.5 Å². The zero-order valence-electron chi connectivity index (χ0n) is 10.7. The van der Waals surface area contributed by atoms with E-state index in [9.17, 15) is 4.79 Å². The van der Waals surface area contributed by atoms with Gasteiger partial charge in [0.1, 0.15) is 6.07 Å². The van der Waals surface area contributed by atoms with Crippen LogP contribution in [-0.2, 0) is 0 Å². The highest BCUT2D eigenvalue weighted by Crippen LogP contribution is 2.21. The Morgan fingerprint density at radius 3 is 3.00 bits per heavy atom. The Morgan fingerprint density at radius 1 is 1.33 bits per heavy atom. The molecule has 0 fully saturated rings. The van der Waals surface area contributed by atoms with E-state index in [1.807, 2.05) is 18.2 Å². The normalized spacial score (nSPS) is 10.3. The van der Waals surface area contributed by atoms with Crippen LogP contribution in [0.4, 0.5) is 5.69 Å². The molecule has 0 unspecified atom stereocenters. The number of pyridine rings is 1. The lowest BCUT2D eigenvalue weighted by Gasteiger charge is -2.06. The topological polar surface area (TPSA) is 70.2 Å². The van der Waals surface area contributed by atoms with Gasteiger partial charge in [-0.1, -0.05) is 22.0 Å². The summed E-state index contributed by atoms with van der Waals surface area (Å²) in [5, 5.41) is 16.0. The highest BCUT2D eigenvalue weighted by molar-refractivity contribution is 9.10. The van der Waals surface area contributed by atoms with Gasteiger partial charge >= 0.3 is 0 Å². The first-order valence-corrected chi connectivity index (χ1v) is 6.92. The number of halogens is 1. The van der Waals surface area contributed by atoms with Crippen molar-refractivity contribution in [3.05, 3.63) is 64.4 Å². The van der Waals surface area contributed by atoms with E-state index in [4.69, 9.17) is 5.26 Å². The first-order valence-electron chi connectivity index (χ1n) is 6.12. The molecule has 1 aromatic carbocycles. The molecule has 0 spiro atoms. The van der Waals surface area contributed by atoms with Crippen LogP contribution in [0.15, 0.2) is 53.3 Å². The number of nitrogens with one attached hydrogen (secondary N) is 1. The van der Waals surface area contributed by atoms with Gasteiger partial charge in [-0.2, -0.15) is 10.4 Å². The third-order valence-corrected chi connectivity index (χ3v) is 3.51.